The van der Waals surface area contributed by atoms with Crippen molar-refractivity contribution in [1.82, 2.24) is 9.97 Å². The summed E-state index contributed by atoms with van der Waals surface area (Å²) in [5.74, 6) is -1.41. The number of hydrogen-bond acceptors (Lipinski definition) is 4. The van der Waals surface area contributed by atoms with Crippen molar-refractivity contribution in [1.29, 1.82) is 0 Å². The number of para-hydroxylation sites is 1. The number of benzene rings is 1. The van der Waals surface area contributed by atoms with Crippen LogP contribution in [-0.4, -0.2) is 21.0 Å². The number of oxazole rings is 1. The first-order valence-electron chi connectivity index (χ1n) is 5.40. The molecular weight excluding hydrogens is 251 g/mol. The standard InChI is InChI=1S/C13H7FN2O3/c14-7-4-5-10(15-6-7)12-16-9-3-1-2-8(13(17)18)11(9)19-12/h1-6H,(H,17,18). The zero-order valence-electron chi connectivity index (χ0n) is 9.50. The van der Waals surface area contributed by atoms with Crippen LogP contribution in [-0.2, 0) is 0 Å². The van der Waals surface area contributed by atoms with E-state index in [1.807, 2.05) is 0 Å². The van der Waals surface area contributed by atoms with Crippen molar-refractivity contribution >= 4 is 17.1 Å². The normalized spacial score (nSPS) is 10.8. The second-order valence-corrected chi connectivity index (χ2v) is 3.84. The fraction of sp³-hybridized carbons (Fsp3) is 0. The number of carbonyl (C=O) groups is 1. The molecule has 3 aromatic rings. The molecule has 1 N–H and O–H groups in total. The number of pyridine rings is 1. The van der Waals surface area contributed by atoms with Crippen molar-refractivity contribution in [2.24, 2.45) is 0 Å². The van der Waals surface area contributed by atoms with E-state index in [-0.39, 0.29) is 17.0 Å². The minimum atomic E-state index is -1.10. The molecule has 0 radical (unpaired) electrons. The van der Waals surface area contributed by atoms with Gasteiger partial charge in [-0.3, -0.25) is 0 Å². The summed E-state index contributed by atoms with van der Waals surface area (Å²) >= 11 is 0. The topological polar surface area (TPSA) is 76.2 Å². The Bertz CT molecular complexity index is 765. The first-order valence-corrected chi connectivity index (χ1v) is 5.40. The Kier molecular flexibility index (Phi) is 2.49. The van der Waals surface area contributed by atoms with Gasteiger partial charge in [-0.25, -0.2) is 19.2 Å². The van der Waals surface area contributed by atoms with Crippen LogP contribution in [0.2, 0.25) is 0 Å². The van der Waals surface area contributed by atoms with Crippen molar-refractivity contribution in [2.45, 2.75) is 0 Å². The zero-order chi connectivity index (χ0) is 13.4. The molecule has 0 aliphatic heterocycles. The summed E-state index contributed by atoms with van der Waals surface area (Å²) < 4.78 is 18.2. The second kappa shape index (κ2) is 4.16. The number of rotatable bonds is 2. The number of aromatic nitrogens is 2. The number of carboxylic acid groups (broad SMARTS) is 1. The van der Waals surface area contributed by atoms with Gasteiger partial charge in [0.05, 0.1) is 6.20 Å². The molecule has 0 bridgehead atoms. The molecule has 0 spiro atoms. The summed E-state index contributed by atoms with van der Waals surface area (Å²) in [7, 11) is 0. The molecule has 0 fully saturated rings. The molecule has 94 valence electrons. The Balaban J connectivity index is 2.19. The van der Waals surface area contributed by atoms with E-state index < -0.39 is 11.8 Å². The molecule has 0 aliphatic carbocycles. The van der Waals surface area contributed by atoms with Crippen LogP contribution in [0.4, 0.5) is 4.39 Å². The van der Waals surface area contributed by atoms with Crippen LogP contribution in [0.1, 0.15) is 10.4 Å². The van der Waals surface area contributed by atoms with Gasteiger partial charge < -0.3 is 9.52 Å². The summed E-state index contributed by atoms with van der Waals surface area (Å²) in [5, 5.41) is 9.05. The summed E-state index contributed by atoms with van der Waals surface area (Å²) in [5.41, 5.74) is 0.962. The zero-order valence-corrected chi connectivity index (χ0v) is 9.50. The van der Waals surface area contributed by atoms with Gasteiger partial charge in [-0.1, -0.05) is 6.07 Å². The van der Waals surface area contributed by atoms with Crippen molar-refractivity contribution in [3.05, 3.63) is 47.9 Å². The highest BCUT2D eigenvalue weighted by molar-refractivity contribution is 6.00. The summed E-state index contributed by atoms with van der Waals surface area (Å²) in [6.45, 7) is 0. The van der Waals surface area contributed by atoms with Crippen LogP contribution >= 0.6 is 0 Å². The maximum absolute atomic E-state index is 12.8. The van der Waals surface area contributed by atoms with Crippen molar-refractivity contribution in [3.8, 4) is 11.6 Å². The lowest BCUT2D eigenvalue weighted by atomic mass is 10.2. The van der Waals surface area contributed by atoms with E-state index in [0.29, 0.717) is 11.2 Å². The van der Waals surface area contributed by atoms with E-state index in [9.17, 15) is 9.18 Å². The monoisotopic (exact) mass is 258 g/mol. The molecular formula is C13H7FN2O3. The van der Waals surface area contributed by atoms with Crippen LogP contribution in [0.15, 0.2) is 40.9 Å². The van der Waals surface area contributed by atoms with E-state index >= 15 is 0 Å². The Morgan fingerprint density at radius 2 is 2.11 bits per heavy atom. The van der Waals surface area contributed by atoms with Gasteiger partial charge in [0.1, 0.15) is 22.6 Å². The first kappa shape index (κ1) is 11.3. The molecule has 5 nitrogen and oxygen atoms in total. The highest BCUT2D eigenvalue weighted by Crippen LogP contribution is 2.25. The smallest absolute Gasteiger partial charge is 0.339 e. The molecule has 0 unspecified atom stereocenters. The lowest BCUT2D eigenvalue weighted by Crippen LogP contribution is -1.95. The molecule has 2 heterocycles. The first-order chi connectivity index (χ1) is 9.15. The summed E-state index contributed by atoms with van der Waals surface area (Å²) in [6.07, 6.45) is 1.04. The molecule has 0 atom stereocenters. The Labute approximate surface area is 106 Å². The molecule has 0 saturated carbocycles. The van der Waals surface area contributed by atoms with Crippen molar-refractivity contribution in [3.63, 3.8) is 0 Å². The third kappa shape index (κ3) is 1.93. The van der Waals surface area contributed by atoms with Gasteiger partial charge in [-0.05, 0) is 24.3 Å². The molecule has 3 rings (SSSR count). The molecule has 0 amide bonds. The lowest BCUT2D eigenvalue weighted by Gasteiger charge is -1.94. The highest BCUT2D eigenvalue weighted by atomic mass is 19.1. The van der Waals surface area contributed by atoms with Crippen LogP contribution in [0.3, 0.4) is 0 Å². The minimum Gasteiger partial charge on any atom is -0.478 e. The number of aromatic carboxylic acids is 1. The van der Waals surface area contributed by atoms with Gasteiger partial charge in [0.25, 0.3) is 0 Å². The van der Waals surface area contributed by atoms with Crippen LogP contribution < -0.4 is 0 Å². The average molecular weight is 258 g/mol. The van der Waals surface area contributed by atoms with Gasteiger partial charge in [-0.2, -0.15) is 0 Å². The van der Waals surface area contributed by atoms with Crippen LogP contribution in [0, 0.1) is 5.82 Å². The molecule has 19 heavy (non-hydrogen) atoms. The highest BCUT2D eigenvalue weighted by Gasteiger charge is 2.15. The predicted molar refractivity (Wildman–Crippen MR) is 64.2 cm³/mol. The van der Waals surface area contributed by atoms with Gasteiger partial charge in [0.2, 0.25) is 5.89 Å². The van der Waals surface area contributed by atoms with Crippen molar-refractivity contribution in [2.75, 3.05) is 0 Å². The van der Waals surface area contributed by atoms with E-state index in [4.69, 9.17) is 9.52 Å². The maximum atomic E-state index is 12.8. The number of hydrogen-bond donors (Lipinski definition) is 1. The Hall–Kier alpha value is -2.76. The second-order valence-electron chi connectivity index (χ2n) is 3.84. The minimum absolute atomic E-state index is 0.0263. The quantitative estimate of drug-likeness (QED) is 0.764. The third-order valence-corrected chi connectivity index (χ3v) is 2.59. The van der Waals surface area contributed by atoms with E-state index in [1.54, 1.807) is 12.1 Å². The van der Waals surface area contributed by atoms with Crippen molar-refractivity contribution < 1.29 is 18.7 Å². The van der Waals surface area contributed by atoms with Crippen LogP contribution in [0.25, 0.3) is 22.7 Å². The average Bonchev–Trinajstić information content (AvgIpc) is 2.82. The molecule has 0 aliphatic rings. The Morgan fingerprint density at radius 1 is 1.26 bits per heavy atom. The lowest BCUT2D eigenvalue weighted by molar-refractivity contribution is 0.0698. The fourth-order valence-corrected chi connectivity index (χ4v) is 1.73. The van der Waals surface area contributed by atoms with Crippen LogP contribution in [0.5, 0.6) is 0 Å². The number of halogens is 1. The van der Waals surface area contributed by atoms with E-state index in [0.717, 1.165) is 6.20 Å². The molecule has 2 aromatic heterocycles. The largest absolute Gasteiger partial charge is 0.478 e. The van der Waals surface area contributed by atoms with E-state index in [1.165, 1.54) is 18.2 Å². The van der Waals surface area contributed by atoms with Gasteiger partial charge in [-0.15, -0.1) is 0 Å². The maximum Gasteiger partial charge on any atom is 0.339 e. The molecule has 1 aromatic carbocycles. The fourth-order valence-electron chi connectivity index (χ4n) is 1.73. The van der Waals surface area contributed by atoms with E-state index in [2.05, 4.69) is 9.97 Å². The van der Waals surface area contributed by atoms with Gasteiger partial charge >= 0.3 is 5.97 Å². The summed E-state index contributed by atoms with van der Waals surface area (Å²) in [4.78, 5) is 19.0. The summed E-state index contributed by atoms with van der Waals surface area (Å²) in [6, 6.07) is 7.29. The molecule has 0 saturated heterocycles. The number of carboxylic acids is 1. The number of fused-ring (bicyclic) bond motifs is 1. The number of nitrogens with zero attached hydrogens (tertiary/aromatic N) is 2. The third-order valence-electron chi connectivity index (χ3n) is 2.59. The predicted octanol–water partition coefficient (Wildman–Crippen LogP) is 2.73. The van der Waals surface area contributed by atoms with Gasteiger partial charge in [0, 0.05) is 0 Å². The van der Waals surface area contributed by atoms with Gasteiger partial charge in [0.15, 0.2) is 5.58 Å². The SMILES string of the molecule is O=C(O)c1cccc2nc(-c3ccc(F)cn3)oc12. The molecule has 6 heteroatoms. The Morgan fingerprint density at radius 3 is 2.79 bits per heavy atom.